The van der Waals surface area contributed by atoms with E-state index in [9.17, 15) is 70.6 Å². The predicted octanol–water partition coefficient (Wildman–Crippen LogP) is 19.8. The van der Waals surface area contributed by atoms with Crippen LogP contribution in [0, 0.1) is 17.5 Å². The van der Waals surface area contributed by atoms with Crippen LogP contribution in [0.5, 0.6) is 34.5 Å². The van der Waals surface area contributed by atoms with Gasteiger partial charge in [-0.15, -0.1) is 26.3 Å². The van der Waals surface area contributed by atoms with Gasteiger partial charge < -0.3 is 92.3 Å². The molecule has 3 saturated carbocycles. The van der Waals surface area contributed by atoms with Gasteiger partial charge in [0, 0.05) is 68.4 Å². The summed E-state index contributed by atoms with van der Waals surface area (Å²) < 4.78 is 181. The first kappa shape index (κ1) is 101. The Labute approximate surface area is 806 Å². The molecule has 3 aliphatic heterocycles. The number of aliphatic hydroxyl groups excluding tert-OH is 5. The first-order valence-corrected chi connectivity index (χ1v) is 46.4. The molecule has 0 saturated heterocycles. The van der Waals surface area contributed by atoms with Crippen LogP contribution < -0.4 is 34.2 Å². The molecule has 32 heteroatoms. The molecule has 10 aromatic carbocycles. The molecule has 3 aromatic heterocycles. The van der Waals surface area contributed by atoms with E-state index in [1.165, 1.54) is 54.6 Å². The topological polar surface area (TPSA) is 285 Å². The van der Waals surface area contributed by atoms with Crippen molar-refractivity contribution in [1.29, 1.82) is 0 Å². The van der Waals surface area contributed by atoms with Crippen molar-refractivity contribution in [3.8, 4) is 34.5 Å². The monoisotopic (exact) mass is 1950 g/mol. The van der Waals surface area contributed by atoms with E-state index in [1.807, 2.05) is 170 Å². The van der Waals surface area contributed by atoms with Crippen LogP contribution in [0.2, 0.25) is 0 Å². The molecule has 3 atom stereocenters. The van der Waals surface area contributed by atoms with Gasteiger partial charge in [0.05, 0.1) is 142 Å². The number of hydrogen-bond donors (Lipinski definition) is 6. The Kier molecular flexibility index (Phi) is 29.3. The predicted molar refractivity (Wildman–Crippen MR) is 505 cm³/mol. The summed E-state index contributed by atoms with van der Waals surface area (Å²) in [6.07, 6.45) is -10.9. The third kappa shape index (κ3) is 22.8. The van der Waals surface area contributed by atoms with E-state index < -0.39 is 99.0 Å². The number of benzene rings is 10. The van der Waals surface area contributed by atoms with Crippen LogP contribution >= 0.6 is 11.6 Å². The number of carbonyl (C=O) groups is 3. The Morgan fingerprint density at radius 1 is 0.386 bits per heavy atom. The molecule has 6 aliphatic rings. The molecule has 7 N–H and O–H groups in total. The number of aliphatic hydroxyl groups is 5. The van der Waals surface area contributed by atoms with E-state index in [1.54, 1.807) is 47.0 Å². The lowest BCUT2D eigenvalue weighted by molar-refractivity contribution is -0.287. The fraction of sp³-hybridized carbons (Fsp3) is 0.361. The van der Waals surface area contributed by atoms with Gasteiger partial charge in [0.1, 0.15) is 29.0 Å². The van der Waals surface area contributed by atoms with Gasteiger partial charge in [-0.2, -0.15) is 0 Å². The minimum atomic E-state index is -3.76. The number of nitrogens with two attached hydrogens (primary N) is 1. The smallest absolute Gasteiger partial charge is 0.396 e. The maximum Gasteiger partial charge on any atom is 0.586 e. The summed E-state index contributed by atoms with van der Waals surface area (Å²) >= 11 is 5.51. The molecule has 13 aromatic rings. The summed E-state index contributed by atoms with van der Waals surface area (Å²) in [5, 5.41) is 52.9. The number of fused-ring (bicyclic) bond motifs is 6. The third-order valence-electron chi connectivity index (χ3n) is 26.3. The average Bonchev–Trinajstić information content (AvgIpc) is 1.54. The summed E-state index contributed by atoms with van der Waals surface area (Å²) in [5.74, 6) is -2.61. The quantitative estimate of drug-likeness (QED) is 0.0120. The summed E-state index contributed by atoms with van der Waals surface area (Å²) in [7, 11) is 0. The highest BCUT2D eigenvalue weighted by Gasteiger charge is 2.56. The molecule has 0 bridgehead atoms. The Bertz CT molecular complexity index is 6670. The molecule has 22 nitrogen and oxygen atoms in total. The molecule has 738 valence electrons. The summed E-state index contributed by atoms with van der Waals surface area (Å²) in [6, 6.07) is 67.2. The normalized spacial score (nSPS) is 16.7. The van der Waals surface area contributed by atoms with Gasteiger partial charge in [-0.1, -0.05) is 181 Å². The highest BCUT2D eigenvalue weighted by Crippen LogP contribution is 2.57. The third-order valence-corrected chi connectivity index (χ3v) is 26.6. The number of halogens is 10. The molecule has 0 radical (unpaired) electrons. The maximum absolute atomic E-state index is 16.0. The molecule has 0 amide bonds. The second-order valence-corrected chi connectivity index (χ2v) is 38.8. The Hall–Kier alpha value is -12.3. The van der Waals surface area contributed by atoms with E-state index in [-0.39, 0.29) is 115 Å². The molecule has 0 spiro atoms. The minimum Gasteiger partial charge on any atom is -0.396 e. The van der Waals surface area contributed by atoms with Gasteiger partial charge in [0.2, 0.25) is 5.24 Å². The molecule has 3 aliphatic carbocycles. The maximum atomic E-state index is 16.0. The number of ether oxygens (including phenoxy) is 10. The lowest BCUT2D eigenvalue weighted by Gasteiger charge is -2.28. The van der Waals surface area contributed by atoms with E-state index in [0.29, 0.717) is 122 Å². The van der Waals surface area contributed by atoms with Gasteiger partial charge in [-0.25, -0.2) is 13.2 Å². The second-order valence-electron chi connectivity index (χ2n) is 38.5. The number of carbonyl (C=O) groups excluding carboxylic acids is 3. The van der Waals surface area contributed by atoms with Crippen molar-refractivity contribution in [2.45, 2.75) is 209 Å². The van der Waals surface area contributed by atoms with Crippen molar-refractivity contribution in [1.82, 2.24) is 13.7 Å². The highest BCUT2D eigenvalue weighted by atomic mass is 35.5. The molecular weight excluding hydrogens is 1850 g/mol. The molecule has 140 heavy (non-hydrogen) atoms. The Morgan fingerprint density at radius 2 is 0.686 bits per heavy atom. The van der Waals surface area contributed by atoms with Crippen molar-refractivity contribution in [3.05, 3.63) is 315 Å². The van der Waals surface area contributed by atoms with Crippen LogP contribution in [0.15, 0.2) is 231 Å². The highest BCUT2D eigenvalue weighted by molar-refractivity contribution is 6.66. The first-order valence-electron chi connectivity index (χ1n) is 46.0. The van der Waals surface area contributed by atoms with E-state index in [0.717, 1.165) is 44.4 Å². The number of rotatable bonds is 37. The summed E-state index contributed by atoms with van der Waals surface area (Å²) in [5.41, 5.74) is 12.2. The zero-order valence-corrected chi connectivity index (χ0v) is 78.5. The first-order chi connectivity index (χ1) is 66.6. The minimum absolute atomic E-state index is 0.00273. The van der Waals surface area contributed by atoms with Crippen LogP contribution in [-0.4, -0.2) is 133 Å². The van der Waals surface area contributed by atoms with E-state index in [4.69, 9.17) is 36.3 Å². The average molecular weight is 1960 g/mol. The molecule has 19 rings (SSSR count). The SMILES string of the molecule is CC(C)(CO)c1cc2cc(CC(=O)C3(c4ccc5c(c4)OC(F)(F)O5)CC3)c(F)cc2n1C[C@@H](O)CO.CC(C)(COCc1ccccc1)c1cc2cc(CC(=O)C3(c4ccc5c(c4)OC(F)(F)O5)CC3)c(F)cc2n1C[C@@H](O)COCc1ccccc1.CC(C)(COCc1ccccc1)c1cc2cc(N)c(F)cc2n1C[C@@H](O)COCc1ccccc1.O=C(Cl)C1(c2ccc3c(c2)OC(F)(F)O3)CC1. The summed E-state index contributed by atoms with van der Waals surface area (Å²) in [6.45, 7) is 14.4. The fourth-order valence-electron chi connectivity index (χ4n) is 18.2. The van der Waals surface area contributed by atoms with Gasteiger partial charge in [-0.05, 0) is 185 Å². The van der Waals surface area contributed by atoms with Crippen molar-refractivity contribution in [2.75, 3.05) is 45.4 Å². The number of nitrogens with zero attached hydrogens (tertiary/aromatic N) is 3. The number of anilines is 1. The van der Waals surface area contributed by atoms with Crippen LogP contribution in [0.4, 0.5) is 45.2 Å². The zero-order chi connectivity index (χ0) is 99.7. The van der Waals surface area contributed by atoms with Crippen molar-refractivity contribution in [3.63, 3.8) is 0 Å². The molecule has 6 heterocycles. The van der Waals surface area contributed by atoms with E-state index >= 15 is 8.78 Å². The van der Waals surface area contributed by atoms with Crippen LogP contribution in [0.3, 0.4) is 0 Å². The van der Waals surface area contributed by atoms with Crippen molar-refractivity contribution in [2.24, 2.45) is 0 Å². The molecule has 3 fully saturated rings. The Morgan fingerprint density at radius 3 is 1.01 bits per heavy atom. The largest absolute Gasteiger partial charge is 0.586 e. The van der Waals surface area contributed by atoms with Crippen LogP contribution in [0.1, 0.15) is 147 Å². The van der Waals surface area contributed by atoms with Gasteiger partial charge >= 0.3 is 18.9 Å². The number of Topliss-reactive ketones (excluding diaryl/α,β-unsaturated/α-hetero) is 2. The molecular formula is C108H108ClF9N4O18. The van der Waals surface area contributed by atoms with E-state index in [2.05, 4.69) is 42.3 Å². The zero-order valence-electron chi connectivity index (χ0n) is 77.8. The Balaban J connectivity index is 0.000000142. The van der Waals surface area contributed by atoms with Crippen molar-refractivity contribution >= 4 is 66.8 Å². The number of aromatic nitrogens is 3. The fourth-order valence-corrected chi connectivity index (χ4v) is 18.5. The standard InChI is InChI=1S/C41H40F3NO6.C29H33FN2O3.C27H28F3NO6.C11H7ClF2O3/c1-39(2,26-49-24-28-11-7-4-8-12-28)37-18-30-17-29(19-38(47)40(15-16-40)31-13-14-35-36(20-31)51-41(43,44)50-35)33(42)21-34(30)45(37)22-32(46)25-48-23-27-9-5-3-6-10-27;1-29(2,20-35-18-22-11-7-4-8-12-22)28-14-23-13-26(31)25(30)15-27(23)32(28)16-24(33)19-34-17-21-9-5-3-6-10-21;1-25(2,14-33)23-8-16-7-15(19(28)11-20(16)31(23)12-18(34)13-32)9-24(35)26(5-6-26)17-3-4-21-22(10-17)37-27(29,30)36-21;12-9(15)10(3-4-10)6-1-2-7-8(5-6)17-11(13,14)16-7/h3-14,17-18,20-21,32,46H,15-16,19,22-26H2,1-2H3;3-15,24,33H,16-20,31H2,1-2H3;3-4,7-8,10-11,18,32-34H,5-6,9,12-14H2,1-2H3;1-2,5H,3-4H2/t32-;24-;18-;/m111./s1. The van der Waals surface area contributed by atoms with Crippen LogP contribution in [0.25, 0.3) is 32.7 Å². The number of nitrogen functional groups attached to an aromatic ring is 1. The van der Waals surface area contributed by atoms with Crippen molar-refractivity contribution < 1.29 is 127 Å². The van der Waals surface area contributed by atoms with Gasteiger partial charge in [0.15, 0.2) is 34.5 Å². The second kappa shape index (κ2) is 40.7. The lowest BCUT2D eigenvalue weighted by Crippen LogP contribution is -2.30. The summed E-state index contributed by atoms with van der Waals surface area (Å²) in [4.78, 5) is 38.5. The number of alkyl halides is 6. The lowest BCUT2D eigenvalue weighted by atomic mass is 9.87. The van der Waals surface area contributed by atoms with Gasteiger partial charge in [-0.3, -0.25) is 14.4 Å². The number of ketones is 2. The van der Waals surface area contributed by atoms with Crippen LogP contribution in [-0.2, 0) is 125 Å². The molecule has 0 unspecified atom stereocenters. The number of hydrogen-bond acceptors (Lipinski definition) is 19. The van der Waals surface area contributed by atoms with Gasteiger partial charge in [0.25, 0.3) is 0 Å².